The van der Waals surface area contributed by atoms with Gasteiger partial charge >= 0.3 is 11.9 Å². The second-order valence-corrected chi connectivity index (χ2v) is 6.83. The van der Waals surface area contributed by atoms with E-state index in [2.05, 4.69) is 0 Å². The van der Waals surface area contributed by atoms with Crippen molar-refractivity contribution >= 4 is 11.9 Å². The standard InChI is InChI=1S/C14H18O3/c15-12-4-11(13(16)17-12)14-5-8-1-9(6-14)3-10(2-8)7-14/h8-11H,1-7H2. The van der Waals surface area contributed by atoms with Crippen LogP contribution in [0.5, 0.6) is 0 Å². The summed E-state index contributed by atoms with van der Waals surface area (Å²) in [7, 11) is 0. The van der Waals surface area contributed by atoms with Crippen LogP contribution in [0.1, 0.15) is 44.9 Å². The van der Waals surface area contributed by atoms with E-state index in [9.17, 15) is 9.59 Å². The molecule has 4 aliphatic carbocycles. The van der Waals surface area contributed by atoms with Crippen LogP contribution < -0.4 is 0 Å². The molecule has 1 atom stereocenters. The number of hydrogen-bond donors (Lipinski definition) is 0. The van der Waals surface area contributed by atoms with Gasteiger partial charge in [0.25, 0.3) is 0 Å². The van der Waals surface area contributed by atoms with Crippen LogP contribution >= 0.6 is 0 Å². The molecule has 0 radical (unpaired) electrons. The molecule has 1 heterocycles. The predicted molar refractivity (Wildman–Crippen MR) is 59.8 cm³/mol. The highest BCUT2D eigenvalue weighted by atomic mass is 16.6. The maximum atomic E-state index is 11.9. The second kappa shape index (κ2) is 3.12. The lowest BCUT2D eigenvalue weighted by molar-refractivity contribution is -0.158. The molecule has 0 N–H and O–H groups in total. The number of carbonyl (C=O) groups excluding carboxylic acids is 2. The maximum Gasteiger partial charge on any atom is 0.317 e. The molecule has 5 rings (SSSR count). The molecule has 17 heavy (non-hydrogen) atoms. The van der Waals surface area contributed by atoms with E-state index in [4.69, 9.17) is 4.74 Å². The Morgan fingerprint density at radius 3 is 1.88 bits per heavy atom. The number of cyclic esters (lactones) is 2. The largest absolute Gasteiger partial charge is 0.393 e. The Bertz CT molecular complexity index is 363. The molecule has 0 aromatic rings. The van der Waals surface area contributed by atoms with Crippen LogP contribution in [0.3, 0.4) is 0 Å². The van der Waals surface area contributed by atoms with E-state index in [0.29, 0.717) is 6.42 Å². The summed E-state index contributed by atoms with van der Waals surface area (Å²) in [6.45, 7) is 0. The summed E-state index contributed by atoms with van der Waals surface area (Å²) in [4.78, 5) is 23.2. The van der Waals surface area contributed by atoms with Crippen molar-refractivity contribution in [2.24, 2.45) is 29.1 Å². The molecule has 0 aromatic carbocycles. The summed E-state index contributed by atoms with van der Waals surface area (Å²) in [6.07, 6.45) is 7.98. The van der Waals surface area contributed by atoms with Gasteiger partial charge in [-0.2, -0.15) is 0 Å². The minimum absolute atomic E-state index is 0.108. The predicted octanol–water partition coefficient (Wildman–Crippen LogP) is 2.29. The number of esters is 2. The summed E-state index contributed by atoms with van der Waals surface area (Å²) in [6, 6.07) is 0. The van der Waals surface area contributed by atoms with E-state index in [1.54, 1.807) is 0 Å². The average molecular weight is 234 g/mol. The lowest BCUT2D eigenvalue weighted by Crippen LogP contribution is -2.50. The van der Waals surface area contributed by atoms with Crippen LogP contribution in [0.15, 0.2) is 0 Å². The van der Waals surface area contributed by atoms with Gasteiger partial charge in [-0.05, 0) is 61.7 Å². The highest BCUT2D eigenvalue weighted by molar-refractivity contribution is 5.95. The lowest BCUT2D eigenvalue weighted by atomic mass is 9.46. The Hall–Kier alpha value is -0.860. The van der Waals surface area contributed by atoms with Crippen molar-refractivity contribution in [2.75, 3.05) is 0 Å². The van der Waals surface area contributed by atoms with Crippen LogP contribution in [-0.2, 0) is 14.3 Å². The Morgan fingerprint density at radius 1 is 0.941 bits per heavy atom. The Labute approximate surface area is 101 Å². The van der Waals surface area contributed by atoms with E-state index in [0.717, 1.165) is 17.8 Å². The molecule has 4 saturated carbocycles. The molecule has 5 fully saturated rings. The first-order chi connectivity index (χ1) is 8.14. The van der Waals surface area contributed by atoms with Crippen molar-refractivity contribution in [3.8, 4) is 0 Å². The van der Waals surface area contributed by atoms with Crippen LogP contribution in [0.4, 0.5) is 0 Å². The average Bonchev–Trinajstić information content (AvgIpc) is 2.56. The molecule has 5 aliphatic rings. The van der Waals surface area contributed by atoms with E-state index in [1.807, 2.05) is 0 Å². The fourth-order valence-corrected chi connectivity index (χ4v) is 5.55. The number of rotatable bonds is 1. The smallest absolute Gasteiger partial charge is 0.317 e. The molecule has 0 spiro atoms. The van der Waals surface area contributed by atoms with Crippen molar-refractivity contribution < 1.29 is 14.3 Å². The third-order valence-electron chi connectivity index (χ3n) is 5.69. The van der Waals surface area contributed by atoms with Crippen LogP contribution in [0, 0.1) is 29.1 Å². The van der Waals surface area contributed by atoms with Gasteiger partial charge in [0, 0.05) is 0 Å². The summed E-state index contributed by atoms with van der Waals surface area (Å²) in [5.74, 6) is 1.84. The fourth-order valence-electron chi connectivity index (χ4n) is 5.55. The van der Waals surface area contributed by atoms with Gasteiger partial charge in [0.2, 0.25) is 0 Å². The first-order valence-corrected chi connectivity index (χ1v) is 6.89. The van der Waals surface area contributed by atoms with Crippen LogP contribution in [0.25, 0.3) is 0 Å². The molecule has 4 bridgehead atoms. The SMILES string of the molecule is O=C1CC(C23CC4CC(CC(C4)C2)C3)C(=O)O1. The number of carbonyl (C=O) groups is 2. The third-order valence-corrected chi connectivity index (χ3v) is 5.69. The van der Waals surface area contributed by atoms with Crippen molar-refractivity contribution in [3.63, 3.8) is 0 Å². The Morgan fingerprint density at radius 2 is 1.47 bits per heavy atom. The molecular weight excluding hydrogens is 216 g/mol. The normalized spacial score (nSPS) is 52.0. The molecule has 92 valence electrons. The summed E-state index contributed by atoms with van der Waals surface area (Å²) < 4.78 is 4.79. The summed E-state index contributed by atoms with van der Waals surface area (Å²) in [5, 5.41) is 0. The van der Waals surface area contributed by atoms with E-state index in [-0.39, 0.29) is 23.3 Å². The third kappa shape index (κ3) is 1.34. The quantitative estimate of drug-likeness (QED) is 0.516. The zero-order chi connectivity index (χ0) is 11.6. The topological polar surface area (TPSA) is 43.4 Å². The van der Waals surface area contributed by atoms with Crippen molar-refractivity contribution in [2.45, 2.75) is 44.9 Å². The molecule has 0 aromatic heterocycles. The monoisotopic (exact) mass is 234 g/mol. The number of hydrogen-bond acceptors (Lipinski definition) is 3. The first-order valence-electron chi connectivity index (χ1n) is 6.89. The molecule has 3 nitrogen and oxygen atoms in total. The van der Waals surface area contributed by atoms with Crippen LogP contribution in [0.2, 0.25) is 0 Å². The summed E-state index contributed by atoms with van der Waals surface area (Å²) >= 11 is 0. The first kappa shape index (κ1) is 10.1. The zero-order valence-corrected chi connectivity index (χ0v) is 9.98. The Kier molecular flexibility index (Phi) is 1.85. The highest BCUT2D eigenvalue weighted by Gasteiger charge is 2.58. The molecule has 0 amide bonds. The molecule has 3 heteroatoms. The Balaban J connectivity index is 1.68. The van der Waals surface area contributed by atoms with Gasteiger partial charge in [-0.1, -0.05) is 0 Å². The summed E-state index contributed by atoms with van der Waals surface area (Å²) in [5.41, 5.74) is 0.137. The van der Waals surface area contributed by atoms with Gasteiger partial charge in [-0.15, -0.1) is 0 Å². The minimum Gasteiger partial charge on any atom is -0.393 e. The van der Waals surface area contributed by atoms with E-state index >= 15 is 0 Å². The van der Waals surface area contributed by atoms with Crippen molar-refractivity contribution in [3.05, 3.63) is 0 Å². The zero-order valence-electron chi connectivity index (χ0n) is 9.98. The molecule has 1 saturated heterocycles. The van der Waals surface area contributed by atoms with E-state index < -0.39 is 0 Å². The van der Waals surface area contributed by atoms with Crippen molar-refractivity contribution in [1.82, 2.24) is 0 Å². The fraction of sp³-hybridized carbons (Fsp3) is 0.857. The molecule has 1 aliphatic heterocycles. The van der Waals surface area contributed by atoms with Crippen LogP contribution in [-0.4, -0.2) is 11.9 Å². The van der Waals surface area contributed by atoms with Gasteiger partial charge in [0.15, 0.2) is 0 Å². The van der Waals surface area contributed by atoms with Crippen molar-refractivity contribution in [1.29, 1.82) is 0 Å². The highest BCUT2D eigenvalue weighted by Crippen LogP contribution is 2.63. The second-order valence-electron chi connectivity index (χ2n) is 6.83. The molecule has 1 unspecified atom stereocenters. The van der Waals surface area contributed by atoms with Gasteiger partial charge in [0.05, 0.1) is 12.3 Å². The van der Waals surface area contributed by atoms with Gasteiger partial charge < -0.3 is 4.74 Å². The molecular formula is C14H18O3. The number of ether oxygens (including phenoxy) is 1. The van der Waals surface area contributed by atoms with Gasteiger partial charge in [0.1, 0.15) is 0 Å². The van der Waals surface area contributed by atoms with E-state index in [1.165, 1.54) is 38.5 Å². The van der Waals surface area contributed by atoms with Gasteiger partial charge in [-0.3, -0.25) is 9.59 Å². The lowest BCUT2D eigenvalue weighted by Gasteiger charge is -2.58. The maximum absolute atomic E-state index is 11.9. The van der Waals surface area contributed by atoms with Gasteiger partial charge in [-0.25, -0.2) is 0 Å². The minimum atomic E-state index is -0.296.